The summed E-state index contributed by atoms with van der Waals surface area (Å²) in [6.45, 7) is 2.69. The van der Waals surface area contributed by atoms with Crippen LogP contribution in [0.1, 0.15) is 0 Å². The third kappa shape index (κ3) is 3.01. The number of nitrogens with zero attached hydrogens (tertiary/aromatic N) is 1. The van der Waals surface area contributed by atoms with Crippen molar-refractivity contribution in [3.05, 3.63) is 24.3 Å². The van der Waals surface area contributed by atoms with Gasteiger partial charge in [-0.05, 0) is 24.3 Å². The minimum Gasteiger partial charge on any atom is -0.373 e. The summed E-state index contributed by atoms with van der Waals surface area (Å²) in [7, 11) is -3.13. The third-order valence-corrected chi connectivity index (χ3v) is 4.16. The van der Waals surface area contributed by atoms with E-state index in [1.54, 1.807) is 12.1 Å². The fourth-order valence-corrected chi connectivity index (χ4v) is 2.63. The molecule has 2 rings (SSSR count). The molecule has 0 bridgehead atoms. The number of anilines is 1. The van der Waals surface area contributed by atoms with E-state index in [2.05, 4.69) is 4.90 Å². The molecule has 0 radical (unpaired) electrons. The van der Waals surface area contributed by atoms with Gasteiger partial charge in [0.1, 0.15) is 0 Å². The first-order valence-electron chi connectivity index (χ1n) is 5.87. The molecule has 1 aliphatic rings. The number of sulfone groups is 1. The number of nitrogens with two attached hydrogens (primary N) is 1. The molecule has 1 heterocycles. The normalized spacial score (nSPS) is 21.0. The largest absolute Gasteiger partial charge is 0.373 e. The molecule has 6 heteroatoms. The zero-order chi connectivity index (χ0) is 13.2. The van der Waals surface area contributed by atoms with Crippen LogP contribution in [0.15, 0.2) is 29.2 Å². The minimum atomic E-state index is -3.13. The van der Waals surface area contributed by atoms with Crippen molar-refractivity contribution >= 4 is 15.5 Å². The Morgan fingerprint density at radius 1 is 1.39 bits per heavy atom. The molecule has 0 aromatic heterocycles. The second-order valence-corrected chi connectivity index (χ2v) is 6.46. The van der Waals surface area contributed by atoms with Gasteiger partial charge < -0.3 is 15.4 Å². The van der Waals surface area contributed by atoms with E-state index in [4.69, 9.17) is 10.5 Å². The quantitative estimate of drug-likeness (QED) is 0.852. The zero-order valence-electron chi connectivity index (χ0n) is 10.4. The monoisotopic (exact) mass is 270 g/mol. The number of hydrogen-bond donors (Lipinski definition) is 1. The summed E-state index contributed by atoms with van der Waals surface area (Å²) >= 11 is 0. The van der Waals surface area contributed by atoms with Crippen molar-refractivity contribution < 1.29 is 13.2 Å². The molecule has 0 aliphatic carbocycles. The van der Waals surface area contributed by atoms with Gasteiger partial charge >= 0.3 is 0 Å². The van der Waals surface area contributed by atoms with Gasteiger partial charge in [0.15, 0.2) is 9.84 Å². The highest BCUT2D eigenvalue weighted by Crippen LogP contribution is 2.20. The van der Waals surface area contributed by atoms with Crippen molar-refractivity contribution in [2.75, 3.05) is 37.4 Å². The molecular weight excluding hydrogens is 252 g/mol. The van der Waals surface area contributed by atoms with E-state index in [0.717, 1.165) is 18.8 Å². The van der Waals surface area contributed by atoms with E-state index in [1.165, 1.54) is 6.26 Å². The Labute approximate surface area is 107 Å². The smallest absolute Gasteiger partial charge is 0.175 e. The molecule has 1 atom stereocenters. The summed E-state index contributed by atoms with van der Waals surface area (Å²) in [6, 6.07) is 6.93. The zero-order valence-corrected chi connectivity index (χ0v) is 11.2. The van der Waals surface area contributed by atoms with Crippen molar-refractivity contribution in [3.8, 4) is 0 Å². The van der Waals surface area contributed by atoms with Crippen LogP contribution in [0.2, 0.25) is 0 Å². The van der Waals surface area contributed by atoms with Gasteiger partial charge in [0.2, 0.25) is 0 Å². The number of hydrogen-bond acceptors (Lipinski definition) is 5. The fraction of sp³-hybridized carbons (Fsp3) is 0.500. The molecule has 1 fully saturated rings. The van der Waals surface area contributed by atoms with E-state index >= 15 is 0 Å². The number of ether oxygens (including phenoxy) is 1. The molecule has 2 N–H and O–H groups in total. The maximum Gasteiger partial charge on any atom is 0.175 e. The maximum atomic E-state index is 11.4. The molecule has 0 saturated carbocycles. The Balaban J connectivity index is 2.14. The van der Waals surface area contributed by atoms with Crippen LogP contribution in [-0.2, 0) is 14.6 Å². The molecule has 100 valence electrons. The predicted octanol–water partition coefficient (Wildman–Crippen LogP) is 0.254. The molecule has 1 aromatic carbocycles. The number of morpholine rings is 1. The molecular formula is C12H18N2O3S. The lowest BCUT2D eigenvalue weighted by molar-refractivity contribution is 0.0466. The van der Waals surface area contributed by atoms with Crippen LogP contribution in [0.25, 0.3) is 0 Å². The van der Waals surface area contributed by atoms with E-state index in [1.807, 2.05) is 12.1 Å². The Hall–Kier alpha value is -1.11. The molecule has 1 unspecified atom stereocenters. The van der Waals surface area contributed by atoms with Crippen molar-refractivity contribution in [3.63, 3.8) is 0 Å². The van der Waals surface area contributed by atoms with Crippen LogP contribution in [0.3, 0.4) is 0 Å². The van der Waals surface area contributed by atoms with Crippen LogP contribution in [0, 0.1) is 0 Å². The Kier molecular flexibility index (Phi) is 3.89. The highest BCUT2D eigenvalue weighted by atomic mass is 32.2. The van der Waals surface area contributed by atoms with E-state index < -0.39 is 9.84 Å². The summed E-state index contributed by atoms with van der Waals surface area (Å²) in [6.07, 6.45) is 1.26. The lowest BCUT2D eigenvalue weighted by atomic mass is 10.2. The molecule has 1 saturated heterocycles. The van der Waals surface area contributed by atoms with Crippen LogP contribution in [-0.4, -0.2) is 47.0 Å². The molecule has 1 aromatic rings. The molecule has 18 heavy (non-hydrogen) atoms. The van der Waals surface area contributed by atoms with Crippen LogP contribution < -0.4 is 10.6 Å². The number of rotatable bonds is 3. The first kappa shape index (κ1) is 13.3. The summed E-state index contributed by atoms with van der Waals surface area (Å²) in [5, 5.41) is 0. The van der Waals surface area contributed by atoms with Gasteiger partial charge in [0.05, 0.1) is 17.6 Å². The lowest BCUT2D eigenvalue weighted by Gasteiger charge is -2.34. The summed E-state index contributed by atoms with van der Waals surface area (Å²) in [4.78, 5) is 2.50. The highest BCUT2D eigenvalue weighted by Gasteiger charge is 2.19. The van der Waals surface area contributed by atoms with Gasteiger partial charge in [-0.15, -0.1) is 0 Å². The Morgan fingerprint density at radius 3 is 2.61 bits per heavy atom. The van der Waals surface area contributed by atoms with Gasteiger partial charge in [-0.2, -0.15) is 0 Å². The first-order chi connectivity index (χ1) is 8.50. The average molecular weight is 270 g/mol. The van der Waals surface area contributed by atoms with Gasteiger partial charge in [-0.25, -0.2) is 8.42 Å². The maximum absolute atomic E-state index is 11.4. The van der Waals surface area contributed by atoms with Crippen molar-refractivity contribution in [1.29, 1.82) is 0 Å². The first-order valence-corrected chi connectivity index (χ1v) is 7.76. The van der Waals surface area contributed by atoms with Gasteiger partial charge in [-0.1, -0.05) is 0 Å². The summed E-state index contributed by atoms with van der Waals surface area (Å²) in [5.41, 5.74) is 6.60. The van der Waals surface area contributed by atoms with E-state index in [0.29, 0.717) is 18.0 Å². The van der Waals surface area contributed by atoms with Crippen LogP contribution in [0.4, 0.5) is 5.69 Å². The lowest BCUT2D eigenvalue weighted by Crippen LogP contribution is -2.45. The SMILES string of the molecule is CS(=O)(=O)c1ccc(N2CCOC(CN)C2)cc1. The summed E-state index contributed by atoms with van der Waals surface area (Å²) in [5.74, 6) is 0. The standard InChI is InChI=1S/C12H18N2O3S/c1-18(15,16)12-4-2-10(3-5-12)14-6-7-17-11(8-13)9-14/h2-5,11H,6-9,13H2,1H3. The van der Waals surface area contributed by atoms with Crippen molar-refractivity contribution in [2.24, 2.45) is 5.73 Å². The Bertz CT molecular complexity index is 499. The van der Waals surface area contributed by atoms with E-state index in [9.17, 15) is 8.42 Å². The van der Waals surface area contributed by atoms with Crippen LogP contribution >= 0.6 is 0 Å². The predicted molar refractivity (Wildman–Crippen MR) is 70.6 cm³/mol. The van der Waals surface area contributed by atoms with Crippen LogP contribution in [0.5, 0.6) is 0 Å². The Morgan fingerprint density at radius 2 is 2.06 bits per heavy atom. The number of benzene rings is 1. The molecule has 0 amide bonds. The average Bonchev–Trinajstić information content (AvgIpc) is 2.38. The van der Waals surface area contributed by atoms with Crippen molar-refractivity contribution in [1.82, 2.24) is 0 Å². The second kappa shape index (κ2) is 5.26. The molecule has 0 spiro atoms. The van der Waals surface area contributed by atoms with Gasteiger partial charge in [0, 0.05) is 31.6 Å². The fourth-order valence-electron chi connectivity index (χ4n) is 2.00. The highest BCUT2D eigenvalue weighted by molar-refractivity contribution is 7.90. The van der Waals surface area contributed by atoms with E-state index in [-0.39, 0.29) is 6.10 Å². The summed E-state index contributed by atoms with van der Waals surface area (Å²) < 4.78 is 28.2. The van der Waals surface area contributed by atoms with Crippen molar-refractivity contribution in [2.45, 2.75) is 11.0 Å². The third-order valence-electron chi connectivity index (χ3n) is 3.03. The second-order valence-electron chi connectivity index (χ2n) is 4.44. The van der Waals surface area contributed by atoms with Gasteiger partial charge in [-0.3, -0.25) is 0 Å². The molecule has 5 nitrogen and oxygen atoms in total. The molecule has 1 aliphatic heterocycles. The van der Waals surface area contributed by atoms with Gasteiger partial charge in [0.25, 0.3) is 0 Å². The minimum absolute atomic E-state index is 0.0494. The topological polar surface area (TPSA) is 72.6 Å².